The fourth-order valence-electron chi connectivity index (χ4n) is 1.13. The highest BCUT2D eigenvalue weighted by molar-refractivity contribution is 5.85. The molecule has 0 N–H and O–H groups in total. The second kappa shape index (κ2) is 3.91. The van der Waals surface area contributed by atoms with Crippen LogP contribution in [0.15, 0.2) is 18.3 Å². The number of carbonyl (C=O) groups excluding carboxylic acids is 1. The van der Waals surface area contributed by atoms with Crippen molar-refractivity contribution in [1.29, 1.82) is 0 Å². The smallest absolute Gasteiger partial charge is 0.144 e. The zero-order valence-corrected chi connectivity index (χ0v) is 9.29. The van der Waals surface area contributed by atoms with Crippen molar-refractivity contribution >= 4 is 5.78 Å². The Morgan fingerprint density at radius 1 is 1.43 bits per heavy atom. The molecule has 1 aromatic rings. The molecule has 1 aromatic heterocycles. The largest absolute Gasteiger partial charge is 0.299 e. The molecule has 0 radical (unpaired) electrons. The quantitative estimate of drug-likeness (QED) is 0.719. The number of aromatic nitrogens is 1. The molecule has 0 fully saturated rings. The van der Waals surface area contributed by atoms with Crippen LogP contribution in [0, 0.1) is 12.3 Å². The Bertz CT molecular complexity index is 336. The number of ketones is 1. The number of Topliss-reactive ketones (excluding diaryl/α,β-unsaturated/α-hetero) is 1. The molecule has 0 aromatic carbocycles. The van der Waals surface area contributed by atoms with Gasteiger partial charge in [0.2, 0.25) is 0 Å². The third-order valence-corrected chi connectivity index (χ3v) is 2.15. The maximum atomic E-state index is 11.7. The normalized spacial score (nSPS) is 11.4. The molecular weight excluding hydrogens is 174 g/mol. The predicted molar refractivity (Wildman–Crippen MR) is 57.1 cm³/mol. The Balaban J connectivity index is 2.75. The van der Waals surface area contributed by atoms with Crippen molar-refractivity contribution in [3.8, 4) is 0 Å². The van der Waals surface area contributed by atoms with Gasteiger partial charge in [0.1, 0.15) is 5.78 Å². The van der Waals surface area contributed by atoms with Gasteiger partial charge < -0.3 is 0 Å². The molecule has 76 valence electrons. The topological polar surface area (TPSA) is 30.0 Å². The average Bonchev–Trinajstić information content (AvgIpc) is 2.02. The number of carbonyl (C=O) groups is 1. The van der Waals surface area contributed by atoms with Crippen LogP contribution in [-0.4, -0.2) is 10.8 Å². The summed E-state index contributed by atoms with van der Waals surface area (Å²) < 4.78 is 0. The number of rotatable bonds is 2. The van der Waals surface area contributed by atoms with Crippen LogP contribution in [0.4, 0.5) is 0 Å². The van der Waals surface area contributed by atoms with E-state index in [4.69, 9.17) is 0 Å². The van der Waals surface area contributed by atoms with Crippen LogP contribution in [0.5, 0.6) is 0 Å². The van der Waals surface area contributed by atoms with Crippen molar-refractivity contribution in [3.63, 3.8) is 0 Å². The summed E-state index contributed by atoms with van der Waals surface area (Å²) in [5.74, 6) is 0.232. The van der Waals surface area contributed by atoms with Crippen LogP contribution in [0.1, 0.15) is 32.0 Å². The van der Waals surface area contributed by atoms with E-state index < -0.39 is 0 Å². The first kappa shape index (κ1) is 10.9. The first-order valence-electron chi connectivity index (χ1n) is 4.84. The third kappa shape index (κ3) is 2.95. The van der Waals surface area contributed by atoms with E-state index in [2.05, 4.69) is 4.98 Å². The van der Waals surface area contributed by atoms with Gasteiger partial charge in [0.05, 0.1) is 0 Å². The minimum Gasteiger partial charge on any atom is -0.299 e. The van der Waals surface area contributed by atoms with E-state index >= 15 is 0 Å². The van der Waals surface area contributed by atoms with Crippen LogP contribution in [0.3, 0.4) is 0 Å². The lowest BCUT2D eigenvalue weighted by Gasteiger charge is -2.15. The molecule has 1 heterocycles. The van der Waals surface area contributed by atoms with Crippen molar-refractivity contribution in [2.45, 2.75) is 34.1 Å². The Hall–Kier alpha value is -1.18. The summed E-state index contributed by atoms with van der Waals surface area (Å²) in [4.78, 5) is 15.9. The number of pyridine rings is 1. The third-order valence-electron chi connectivity index (χ3n) is 2.15. The van der Waals surface area contributed by atoms with Crippen molar-refractivity contribution < 1.29 is 4.79 Å². The monoisotopic (exact) mass is 191 g/mol. The van der Waals surface area contributed by atoms with Crippen LogP contribution in [0.2, 0.25) is 0 Å². The highest BCUT2D eigenvalue weighted by Crippen LogP contribution is 2.17. The maximum Gasteiger partial charge on any atom is 0.144 e. The lowest BCUT2D eigenvalue weighted by molar-refractivity contribution is -0.125. The first-order chi connectivity index (χ1) is 6.39. The van der Waals surface area contributed by atoms with E-state index in [1.807, 2.05) is 39.8 Å². The second-order valence-corrected chi connectivity index (χ2v) is 4.67. The molecule has 0 aliphatic rings. The molecule has 0 bridgehead atoms. The van der Waals surface area contributed by atoms with Crippen molar-refractivity contribution in [3.05, 3.63) is 29.6 Å². The van der Waals surface area contributed by atoms with E-state index in [-0.39, 0.29) is 11.2 Å². The predicted octanol–water partition coefficient (Wildman–Crippen LogP) is 2.55. The van der Waals surface area contributed by atoms with E-state index in [0.29, 0.717) is 6.42 Å². The highest BCUT2D eigenvalue weighted by Gasteiger charge is 2.21. The molecule has 0 aliphatic carbocycles. The molecule has 2 heteroatoms. The SMILES string of the molecule is Cc1ccnc(CC(=O)C(C)(C)C)c1. The zero-order valence-electron chi connectivity index (χ0n) is 9.29. The molecule has 0 spiro atoms. The molecule has 0 saturated carbocycles. The van der Waals surface area contributed by atoms with Gasteiger partial charge in [-0.15, -0.1) is 0 Å². The van der Waals surface area contributed by atoms with Gasteiger partial charge in [-0.3, -0.25) is 9.78 Å². The van der Waals surface area contributed by atoms with Gasteiger partial charge in [0.15, 0.2) is 0 Å². The number of nitrogens with zero attached hydrogens (tertiary/aromatic N) is 1. The van der Waals surface area contributed by atoms with Gasteiger partial charge in [-0.05, 0) is 24.6 Å². The van der Waals surface area contributed by atoms with Gasteiger partial charge in [-0.2, -0.15) is 0 Å². The average molecular weight is 191 g/mol. The zero-order chi connectivity index (χ0) is 10.8. The molecule has 0 unspecified atom stereocenters. The van der Waals surface area contributed by atoms with Crippen molar-refractivity contribution in [2.75, 3.05) is 0 Å². The molecular formula is C12H17NO. The molecule has 2 nitrogen and oxygen atoms in total. The molecule has 0 amide bonds. The van der Waals surface area contributed by atoms with Crippen LogP contribution >= 0.6 is 0 Å². The lowest BCUT2D eigenvalue weighted by atomic mass is 9.88. The van der Waals surface area contributed by atoms with E-state index in [1.54, 1.807) is 6.20 Å². The number of aryl methyl sites for hydroxylation is 1. The van der Waals surface area contributed by atoms with Crippen LogP contribution in [-0.2, 0) is 11.2 Å². The summed E-state index contributed by atoms with van der Waals surface area (Å²) in [5.41, 5.74) is 1.74. The number of hydrogen-bond donors (Lipinski definition) is 0. The van der Waals surface area contributed by atoms with Crippen molar-refractivity contribution in [2.24, 2.45) is 5.41 Å². The maximum absolute atomic E-state index is 11.7. The van der Waals surface area contributed by atoms with E-state index in [0.717, 1.165) is 11.3 Å². The van der Waals surface area contributed by atoms with Crippen LogP contribution < -0.4 is 0 Å². The Morgan fingerprint density at radius 2 is 2.07 bits per heavy atom. The number of hydrogen-bond acceptors (Lipinski definition) is 2. The highest BCUT2D eigenvalue weighted by atomic mass is 16.1. The van der Waals surface area contributed by atoms with Gasteiger partial charge in [-0.25, -0.2) is 0 Å². The summed E-state index contributed by atoms with van der Waals surface area (Å²) >= 11 is 0. The summed E-state index contributed by atoms with van der Waals surface area (Å²) in [6, 6.07) is 3.90. The van der Waals surface area contributed by atoms with E-state index in [9.17, 15) is 4.79 Å². The Morgan fingerprint density at radius 3 is 2.57 bits per heavy atom. The van der Waals surface area contributed by atoms with E-state index in [1.165, 1.54) is 0 Å². The molecule has 0 aliphatic heterocycles. The molecule has 14 heavy (non-hydrogen) atoms. The van der Waals surface area contributed by atoms with Gasteiger partial charge in [0, 0.05) is 23.7 Å². The summed E-state index contributed by atoms with van der Waals surface area (Å²) in [6.45, 7) is 7.81. The summed E-state index contributed by atoms with van der Waals surface area (Å²) in [6.07, 6.45) is 2.19. The molecule has 0 atom stereocenters. The molecule has 0 saturated heterocycles. The minimum atomic E-state index is -0.272. The fraction of sp³-hybridized carbons (Fsp3) is 0.500. The Labute approximate surface area is 85.4 Å². The molecule has 1 rings (SSSR count). The van der Waals surface area contributed by atoms with Gasteiger partial charge in [-0.1, -0.05) is 20.8 Å². The first-order valence-corrected chi connectivity index (χ1v) is 4.84. The standard InChI is InChI=1S/C12H17NO/c1-9-5-6-13-10(7-9)8-11(14)12(2,3)4/h5-7H,8H2,1-4H3. The second-order valence-electron chi connectivity index (χ2n) is 4.67. The van der Waals surface area contributed by atoms with Gasteiger partial charge in [0.25, 0.3) is 0 Å². The Kier molecular flexibility index (Phi) is 3.04. The minimum absolute atomic E-state index is 0.232. The lowest BCUT2D eigenvalue weighted by Crippen LogP contribution is -2.22. The summed E-state index contributed by atoms with van der Waals surface area (Å²) in [7, 11) is 0. The van der Waals surface area contributed by atoms with Gasteiger partial charge >= 0.3 is 0 Å². The van der Waals surface area contributed by atoms with Crippen LogP contribution in [0.25, 0.3) is 0 Å². The fourth-order valence-corrected chi connectivity index (χ4v) is 1.13. The summed E-state index contributed by atoms with van der Waals surface area (Å²) in [5, 5.41) is 0. The van der Waals surface area contributed by atoms with Crippen molar-refractivity contribution in [1.82, 2.24) is 4.98 Å².